The van der Waals surface area contributed by atoms with E-state index in [1.54, 1.807) is 11.3 Å². The quantitative estimate of drug-likeness (QED) is 0.929. The van der Waals surface area contributed by atoms with Crippen LogP contribution in [0.5, 0.6) is 5.75 Å². The second-order valence-electron chi connectivity index (χ2n) is 3.77. The molecule has 0 spiro atoms. The van der Waals surface area contributed by atoms with E-state index in [-0.39, 0.29) is 6.10 Å². The lowest BCUT2D eigenvalue weighted by molar-refractivity contribution is 0.216. The van der Waals surface area contributed by atoms with Crippen molar-refractivity contribution in [3.05, 3.63) is 50.6 Å². The molecule has 1 atom stereocenters. The van der Waals surface area contributed by atoms with Crippen molar-refractivity contribution >= 4 is 27.3 Å². The maximum Gasteiger partial charge on any atom is 0.145 e. The van der Waals surface area contributed by atoms with Gasteiger partial charge in [0.2, 0.25) is 0 Å². The number of aryl methyl sites for hydroxylation is 1. The maximum absolute atomic E-state index is 5.98. The number of nitrogens with two attached hydrogens (primary N) is 1. The number of thiophene rings is 1. The predicted octanol–water partition coefficient (Wildman–Crippen LogP) is 3.90. The van der Waals surface area contributed by atoms with Crippen LogP contribution in [0, 0.1) is 6.92 Å². The van der Waals surface area contributed by atoms with Gasteiger partial charge in [0, 0.05) is 15.9 Å². The Morgan fingerprint density at radius 1 is 1.41 bits per heavy atom. The van der Waals surface area contributed by atoms with Gasteiger partial charge in [-0.05, 0) is 36.1 Å². The Labute approximate surface area is 114 Å². The summed E-state index contributed by atoms with van der Waals surface area (Å²) in [5.41, 5.74) is 6.88. The van der Waals surface area contributed by atoms with Crippen LogP contribution in [0.3, 0.4) is 0 Å². The second kappa shape index (κ2) is 5.67. The third-order valence-electron chi connectivity index (χ3n) is 2.49. The molecule has 17 heavy (non-hydrogen) atoms. The van der Waals surface area contributed by atoms with Gasteiger partial charge in [-0.3, -0.25) is 0 Å². The number of benzene rings is 1. The summed E-state index contributed by atoms with van der Waals surface area (Å²) in [6.07, 6.45) is -0.0667. The van der Waals surface area contributed by atoms with E-state index >= 15 is 0 Å². The molecule has 0 saturated carbocycles. The Bertz CT molecular complexity index is 484. The molecule has 1 unspecified atom stereocenters. The Hall–Kier alpha value is -0.840. The molecule has 2 aromatic rings. The Balaban J connectivity index is 2.21. The largest absolute Gasteiger partial charge is 0.483 e. The fourth-order valence-electron chi connectivity index (χ4n) is 1.55. The average molecular weight is 312 g/mol. The highest BCUT2D eigenvalue weighted by Crippen LogP contribution is 2.29. The molecule has 0 aliphatic rings. The first-order chi connectivity index (χ1) is 8.20. The highest BCUT2D eigenvalue weighted by atomic mass is 79.9. The minimum atomic E-state index is -0.0667. The van der Waals surface area contributed by atoms with Crippen LogP contribution in [0.25, 0.3) is 0 Å². The molecule has 0 fully saturated rings. The summed E-state index contributed by atoms with van der Waals surface area (Å²) in [5.74, 6) is 0.878. The molecule has 0 bridgehead atoms. The van der Waals surface area contributed by atoms with Crippen LogP contribution >= 0.6 is 27.3 Å². The van der Waals surface area contributed by atoms with Crippen LogP contribution in [0.2, 0.25) is 0 Å². The summed E-state index contributed by atoms with van der Waals surface area (Å²) < 4.78 is 6.99. The van der Waals surface area contributed by atoms with Crippen molar-refractivity contribution in [2.75, 3.05) is 6.54 Å². The fraction of sp³-hybridized carbons (Fsp3) is 0.231. The normalized spacial score (nSPS) is 12.4. The summed E-state index contributed by atoms with van der Waals surface area (Å²) in [6, 6.07) is 10.1. The molecule has 0 amide bonds. The van der Waals surface area contributed by atoms with E-state index in [1.165, 1.54) is 0 Å². The third kappa shape index (κ3) is 3.09. The van der Waals surface area contributed by atoms with Gasteiger partial charge < -0.3 is 10.5 Å². The van der Waals surface area contributed by atoms with E-state index in [0.717, 1.165) is 20.7 Å². The molecule has 1 aromatic heterocycles. The Kier molecular flexibility index (Phi) is 4.20. The van der Waals surface area contributed by atoms with Crippen LogP contribution in [0.4, 0.5) is 0 Å². The van der Waals surface area contributed by atoms with Crippen molar-refractivity contribution in [1.82, 2.24) is 0 Å². The van der Waals surface area contributed by atoms with Gasteiger partial charge in [-0.2, -0.15) is 0 Å². The molecule has 90 valence electrons. The van der Waals surface area contributed by atoms with Gasteiger partial charge >= 0.3 is 0 Å². The lowest BCUT2D eigenvalue weighted by atomic mass is 10.2. The van der Waals surface area contributed by atoms with Crippen LogP contribution < -0.4 is 10.5 Å². The van der Waals surface area contributed by atoms with E-state index in [2.05, 4.69) is 22.0 Å². The molecule has 4 heteroatoms. The summed E-state index contributed by atoms with van der Waals surface area (Å²) >= 11 is 5.12. The molecule has 0 aliphatic carbocycles. The van der Waals surface area contributed by atoms with Crippen molar-refractivity contribution < 1.29 is 4.74 Å². The lowest BCUT2D eigenvalue weighted by Crippen LogP contribution is -2.17. The van der Waals surface area contributed by atoms with Gasteiger partial charge in [0.25, 0.3) is 0 Å². The minimum Gasteiger partial charge on any atom is -0.483 e. The number of ether oxygens (including phenoxy) is 1. The SMILES string of the molecule is Cc1ccc(Br)cc1OC(CN)c1cccs1. The molecule has 0 aliphatic heterocycles. The van der Waals surface area contributed by atoms with Gasteiger partial charge in [-0.15, -0.1) is 11.3 Å². The molecular formula is C13H14BrNOS. The van der Waals surface area contributed by atoms with Gasteiger partial charge in [0.05, 0.1) is 0 Å². The lowest BCUT2D eigenvalue weighted by Gasteiger charge is -2.17. The molecule has 2 rings (SSSR count). The van der Waals surface area contributed by atoms with Gasteiger partial charge in [-0.1, -0.05) is 28.1 Å². The highest BCUT2D eigenvalue weighted by Gasteiger charge is 2.13. The zero-order chi connectivity index (χ0) is 12.3. The monoisotopic (exact) mass is 311 g/mol. The number of rotatable bonds is 4. The van der Waals surface area contributed by atoms with Crippen molar-refractivity contribution in [3.63, 3.8) is 0 Å². The van der Waals surface area contributed by atoms with Crippen molar-refractivity contribution in [3.8, 4) is 5.75 Å². The number of halogens is 1. The van der Waals surface area contributed by atoms with Crippen LogP contribution in [-0.4, -0.2) is 6.54 Å². The smallest absolute Gasteiger partial charge is 0.145 e. The Morgan fingerprint density at radius 3 is 2.88 bits per heavy atom. The Morgan fingerprint density at radius 2 is 2.24 bits per heavy atom. The zero-order valence-electron chi connectivity index (χ0n) is 9.52. The standard InChI is InChI=1S/C13H14BrNOS/c1-9-4-5-10(14)7-11(9)16-12(8-15)13-3-2-6-17-13/h2-7,12H,8,15H2,1H3. The van der Waals surface area contributed by atoms with Crippen LogP contribution in [0.1, 0.15) is 16.5 Å². The fourth-order valence-corrected chi connectivity index (χ4v) is 2.66. The van der Waals surface area contributed by atoms with Crippen LogP contribution in [-0.2, 0) is 0 Å². The van der Waals surface area contributed by atoms with E-state index in [4.69, 9.17) is 10.5 Å². The van der Waals surface area contributed by atoms with E-state index in [0.29, 0.717) is 6.54 Å². The van der Waals surface area contributed by atoms with Crippen molar-refractivity contribution in [2.45, 2.75) is 13.0 Å². The topological polar surface area (TPSA) is 35.2 Å². The van der Waals surface area contributed by atoms with Gasteiger partial charge in [0.1, 0.15) is 11.9 Å². The average Bonchev–Trinajstić information content (AvgIpc) is 2.84. The predicted molar refractivity (Wildman–Crippen MR) is 75.6 cm³/mol. The number of hydrogen-bond acceptors (Lipinski definition) is 3. The van der Waals surface area contributed by atoms with E-state index in [9.17, 15) is 0 Å². The summed E-state index contributed by atoms with van der Waals surface area (Å²) in [6.45, 7) is 2.51. The first-order valence-electron chi connectivity index (χ1n) is 5.37. The summed E-state index contributed by atoms with van der Waals surface area (Å²) in [7, 11) is 0. The zero-order valence-corrected chi connectivity index (χ0v) is 11.9. The third-order valence-corrected chi connectivity index (χ3v) is 3.95. The number of hydrogen-bond donors (Lipinski definition) is 1. The molecular weight excluding hydrogens is 298 g/mol. The molecule has 0 radical (unpaired) electrons. The van der Waals surface area contributed by atoms with Crippen molar-refractivity contribution in [2.24, 2.45) is 5.73 Å². The van der Waals surface area contributed by atoms with Crippen molar-refractivity contribution in [1.29, 1.82) is 0 Å². The van der Waals surface area contributed by atoms with Crippen LogP contribution in [0.15, 0.2) is 40.2 Å². The molecule has 2 nitrogen and oxygen atoms in total. The maximum atomic E-state index is 5.98. The van der Waals surface area contributed by atoms with Gasteiger partial charge in [-0.25, -0.2) is 0 Å². The summed E-state index contributed by atoms with van der Waals surface area (Å²) in [5, 5.41) is 2.04. The molecule has 2 N–H and O–H groups in total. The second-order valence-corrected chi connectivity index (χ2v) is 5.66. The molecule has 1 heterocycles. The van der Waals surface area contributed by atoms with E-state index in [1.807, 2.05) is 36.6 Å². The molecule has 1 aromatic carbocycles. The summed E-state index contributed by atoms with van der Waals surface area (Å²) in [4.78, 5) is 1.16. The first kappa shape index (κ1) is 12.6. The van der Waals surface area contributed by atoms with E-state index < -0.39 is 0 Å². The highest BCUT2D eigenvalue weighted by molar-refractivity contribution is 9.10. The minimum absolute atomic E-state index is 0.0667. The first-order valence-corrected chi connectivity index (χ1v) is 7.04. The van der Waals surface area contributed by atoms with Gasteiger partial charge in [0.15, 0.2) is 0 Å². The molecule has 0 saturated heterocycles.